The van der Waals surface area contributed by atoms with Crippen molar-refractivity contribution in [1.29, 1.82) is 0 Å². The SMILES string of the molecule is Cl.O=C(CC1CSCCN1)NCCc1csc(-c2ccccc2)n1. The van der Waals surface area contributed by atoms with Gasteiger partial charge in [0.1, 0.15) is 5.01 Å². The van der Waals surface area contributed by atoms with E-state index in [-0.39, 0.29) is 18.3 Å². The number of thioether (sulfide) groups is 1. The number of hydrogen-bond acceptors (Lipinski definition) is 5. The van der Waals surface area contributed by atoms with E-state index in [0.29, 0.717) is 19.0 Å². The maximum atomic E-state index is 11.9. The Morgan fingerprint density at radius 2 is 2.17 bits per heavy atom. The largest absolute Gasteiger partial charge is 0.356 e. The number of nitrogens with one attached hydrogen (secondary N) is 2. The minimum absolute atomic E-state index is 0. The normalized spacial score (nSPS) is 17.1. The number of hydrogen-bond donors (Lipinski definition) is 2. The van der Waals surface area contributed by atoms with Crippen molar-refractivity contribution in [3.8, 4) is 10.6 Å². The molecule has 2 N–H and O–H groups in total. The molecule has 1 fully saturated rings. The highest BCUT2D eigenvalue weighted by Crippen LogP contribution is 2.23. The Balaban J connectivity index is 0.00000208. The fraction of sp³-hybridized carbons (Fsp3) is 0.412. The van der Waals surface area contributed by atoms with Crippen LogP contribution in [0.2, 0.25) is 0 Å². The summed E-state index contributed by atoms with van der Waals surface area (Å²) in [5, 5.41) is 9.51. The highest BCUT2D eigenvalue weighted by molar-refractivity contribution is 7.99. The number of carbonyl (C=O) groups is 1. The van der Waals surface area contributed by atoms with Crippen LogP contribution in [0.1, 0.15) is 12.1 Å². The van der Waals surface area contributed by atoms with Crippen LogP contribution >= 0.6 is 35.5 Å². The Labute approximate surface area is 157 Å². The van der Waals surface area contributed by atoms with Gasteiger partial charge in [-0.05, 0) is 0 Å². The molecular weight excluding hydrogens is 362 g/mol. The molecule has 1 aromatic heterocycles. The summed E-state index contributed by atoms with van der Waals surface area (Å²) in [6.45, 7) is 1.65. The Hall–Kier alpha value is -1.08. The summed E-state index contributed by atoms with van der Waals surface area (Å²) in [4.78, 5) is 16.6. The molecule has 0 spiro atoms. The quantitative estimate of drug-likeness (QED) is 0.805. The minimum Gasteiger partial charge on any atom is -0.356 e. The molecule has 4 nitrogen and oxygen atoms in total. The molecule has 1 unspecified atom stereocenters. The zero-order chi connectivity index (χ0) is 15.9. The molecule has 1 aromatic carbocycles. The van der Waals surface area contributed by atoms with E-state index in [2.05, 4.69) is 33.1 Å². The first kappa shape index (κ1) is 19.2. The predicted octanol–water partition coefficient (Wildman–Crippen LogP) is 2.99. The lowest BCUT2D eigenvalue weighted by molar-refractivity contribution is -0.121. The lowest BCUT2D eigenvalue weighted by Gasteiger charge is -2.22. The van der Waals surface area contributed by atoms with E-state index in [0.717, 1.165) is 40.7 Å². The van der Waals surface area contributed by atoms with Gasteiger partial charge in [0.2, 0.25) is 5.91 Å². The summed E-state index contributed by atoms with van der Waals surface area (Å²) in [6.07, 6.45) is 1.35. The summed E-state index contributed by atoms with van der Waals surface area (Å²) in [7, 11) is 0. The van der Waals surface area contributed by atoms with Gasteiger partial charge in [0.15, 0.2) is 0 Å². The van der Waals surface area contributed by atoms with Crippen molar-refractivity contribution in [2.75, 3.05) is 24.6 Å². The Morgan fingerprint density at radius 1 is 1.33 bits per heavy atom. The molecule has 1 saturated heterocycles. The molecular formula is C17H22ClN3OS2. The van der Waals surface area contributed by atoms with E-state index in [1.807, 2.05) is 30.0 Å². The van der Waals surface area contributed by atoms with Crippen molar-refractivity contribution < 1.29 is 4.79 Å². The van der Waals surface area contributed by atoms with Crippen LogP contribution in [0.15, 0.2) is 35.7 Å². The van der Waals surface area contributed by atoms with Gasteiger partial charge in [0.05, 0.1) is 5.69 Å². The van der Waals surface area contributed by atoms with E-state index in [9.17, 15) is 4.79 Å². The van der Waals surface area contributed by atoms with Gasteiger partial charge < -0.3 is 10.6 Å². The van der Waals surface area contributed by atoms with E-state index < -0.39 is 0 Å². The lowest BCUT2D eigenvalue weighted by Crippen LogP contribution is -2.41. The number of amides is 1. The zero-order valence-corrected chi connectivity index (χ0v) is 15.8. The second-order valence-electron chi connectivity index (χ2n) is 5.54. The second-order valence-corrected chi connectivity index (χ2v) is 7.55. The van der Waals surface area contributed by atoms with Crippen LogP contribution in [0.5, 0.6) is 0 Å². The van der Waals surface area contributed by atoms with Gasteiger partial charge in [-0.15, -0.1) is 23.7 Å². The van der Waals surface area contributed by atoms with Gasteiger partial charge in [-0.1, -0.05) is 30.3 Å². The summed E-state index contributed by atoms with van der Waals surface area (Å²) in [6, 6.07) is 10.5. The summed E-state index contributed by atoms with van der Waals surface area (Å²) < 4.78 is 0. The topological polar surface area (TPSA) is 54.0 Å². The van der Waals surface area contributed by atoms with Crippen LogP contribution in [-0.4, -0.2) is 41.5 Å². The van der Waals surface area contributed by atoms with Crippen LogP contribution in [-0.2, 0) is 11.2 Å². The summed E-state index contributed by atoms with van der Waals surface area (Å²) in [5.41, 5.74) is 2.19. The van der Waals surface area contributed by atoms with E-state index in [1.54, 1.807) is 11.3 Å². The number of rotatable bonds is 6. The third-order valence-corrected chi connectivity index (χ3v) is 5.78. The number of thiazole rings is 1. The average molecular weight is 384 g/mol. The fourth-order valence-corrected chi connectivity index (χ4v) is 4.32. The molecule has 1 aliphatic rings. The number of aromatic nitrogens is 1. The Morgan fingerprint density at radius 3 is 2.92 bits per heavy atom. The van der Waals surface area contributed by atoms with Gasteiger partial charge in [0, 0.05) is 54.4 Å². The van der Waals surface area contributed by atoms with Crippen molar-refractivity contribution >= 4 is 41.4 Å². The van der Waals surface area contributed by atoms with Gasteiger partial charge in [-0.25, -0.2) is 4.98 Å². The molecule has 24 heavy (non-hydrogen) atoms. The first-order chi connectivity index (χ1) is 11.3. The van der Waals surface area contributed by atoms with Gasteiger partial charge in [0.25, 0.3) is 0 Å². The molecule has 3 rings (SSSR count). The first-order valence-corrected chi connectivity index (χ1v) is 9.92. The van der Waals surface area contributed by atoms with Crippen molar-refractivity contribution in [3.05, 3.63) is 41.4 Å². The molecule has 130 valence electrons. The summed E-state index contributed by atoms with van der Waals surface area (Å²) in [5.74, 6) is 2.30. The van der Waals surface area contributed by atoms with Crippen LogP contribution in [0.25, 0.3) is 10.6 Å². The zero-order valence-electron chi connectivity index (χ0n) is 13.4. The average Bonchev–Trinajstić information content (AvgIpc) is 3.05. The van der Waals surface area contributed by atoms with Gasteiger partial charge >= 0.3 is 0 Å². The molecule has 0 radical (unpaired) electrons. The second kappa shape index (κ2) is 10.0. The molecule has 0 aliphatic carbocycles. The van der Waals surface area contributed by atoms with Crippen molar-refractivity contribution in [2.24, 2.45) is 0 Å². The van der Waals surface area contributed by atoms with Crippen LogP contribution < -0.4 is 10.6 Å². The third kappa shape index (κ3) is 5.77. The van der Waals surface area contributed by atoms with Crippen molar-refractivity contribution in [2.45, 2.75) is 18.9 Å². The maximum Gasteiger partial charge on any atom is 0.221 e. The standard InChI is InChI=1S/C17H21N3OS2.ClH/c21-16(10-15-11-22-9-8-18-15)19-7-6-14-12-23-17(20-14)13-4-2-1-3-5-13;/h1-5,12,15,18H,6-11H2,(H,19,21);1H. The minimum atomic E-state index is 0. The predicted molar refractivity (Wildman–Crippen MR) is 105 cm³/mol. The van der Waals surface area contributed by atoms with Crippen molar-refractivity contribution in [3.63, 3.8) is 0 Å². The molecule has 7 heteroatoms. The maximum absolute atomic E-state index is 11.9. The Kier molecular flexibility index (Phi) is 8.05. The van der Waals surface area contributed by atoms with Gasteiger partial charge in [-0.3, -0.25) is 4.79 Å². The highest BCUT2D eigenvalue weighted by atomic mass is 35.5. The van der Waals surface area contributed by atoms with Gasteiger partial charge in [-0.2, -0.15) is 11.8 Å². The highest BCUT2D eigenvalue weighted by Gasteiger charge is 2.16. The van der Waals surface area contributed by atoms with Crippen LogP contribution in [0.3, 0.4) is 0 Å². The number of carbonyl (C=O) groups excluding carboxylic acids is 1. The molecule has 2 aromatic rings. The van der Waals surface area contributed by atoms with E-state index in [1.165, 1.54) is 0 Å². The lowest BCUT2D eigenvalue weighted by atomic mass is 10.2. The molecule has 2 heterocycles. The van der Waals surface area contributed by atoms with E-state index >= 15 is 0 Å². The van der Waals surface area contributed by atoms with Crippen molar-refractivity contribution in [1.82, 2.24) is 15.6 Å². The molecule has 1 amide bonds. The number of nitrogens with zero attached hydrogens (tertiary/aromatic N) is 1. The monoisotopic (exact) mass is 383 g/mol. The molecule has 1 atom stereocenters. The van der Waals surface area contributed by atoms with Crippen LogP contribution in [0, 0.1) is 0 Å². The fourth-order valence-electron chi connectivity index (χ4n) is 2.51. The van der Waals surface area contributed by atoms with E-state index in [4.69, 9.17) is 0 Å². The molecule has 0 saturated carbocycles. The molecule has 1 aliphatic heterocycles. The summed E-state index contributed by atoms with van der Waals surface area (Å²) >= 11 is 3.57. The smallest absolute Gasteiger partial charge is 0.221 e. The Bertz CT molecular complexity index is 630. The third-order valence-electron chi connectivity index (χ3n) is 3.71. The number of halogens is 1. The first-order valence-electron chi connectivity index (χ1n) is 7.89. The molecule has 0 bridgehead atoms. The van der Waals surface area contributed by atoms with Crippen LogP contribution in [0.4, 0.5) is 0 Å². The number of benzene rings is 1.